The Morgan fingerprint density at radius 3 is 1.35 bits per heavy atom. The Morgan fingerprint density at radius 2 is 1.04 bits per heavy atom. The minimum atomic E-state index is -4.37. The van der Waals surface area contributed by atoms with Crippen molar-refractivity contribution in [3.05, 3.63) is 0 Å². The normalized spacial score (nSPS) is 14.0. The van der Waals surface area contributed by atoms with Crippen LogP contribution in [0.2, 0.25) is 0 Å². The third-order valence-electron chi connectivity index (χ3n) is 5.10. The molecule has 0 rings (SSSR count). The van der Waals surface area contributed by atoms with Crippen molar-refractivity contribution in [1.29, 1.82) is 0 Å². The van der Waals surface area contributed by atoms with Crippen LogP contribution < -0.4 is 29.6 Å². The van der Waals surface area contributed by atoms with Crippen LogP contribution in [0.4, 0.5) is 0 Å². The van der Waals surface area contributed by atoms with Crippen molar-refractivity contribution in [2.45, 2.75) is 128 Å². The molecule has 0 aliphatic carbocycles. The first-order valence-corrected chi connectivity index (χ1v) is 12.0. The molecule has 0 aliphatic rings. The summed E-state index contributed by atoms with van der Waals surface area (Å²) in [6, 6.07) is 0. The monoisotopic (exact) mass is 400 g/mol. The Morgan fingerprint density at radius 1 is 0.731 bits per heavy atom. The van der Waals surface area contributed by atoms with Crippen LogP contribution in [0.15, 0.2) is 0 Å². The van der Waals surface area contributed by atoms with Gasteiger partial charge >= 0.3 is 29.6 Å². The van der Waals surface area contributed by atoms with Gasteiger partial charge in [-0.1, -0.05) is 103 Å². The van der Waals surface area contributed by atoms with Crippen molar-refractivity contribution >= 4 is 10.1 Å². The molecule has 0 amide bonds. The summed E-state index contributed by atoms with van der Waals surface area (Å²) in [5.74, 6) is 0. The Bertz CT molecular complexity index is 387. The maximum absolute atomic E-state index is 10.8. The van der Waals surface area contributed by atoms with Gasteiger partial charge in [0.25, 0.3) is 0 Å². The molecule has 0 spiro atoms. The van der Waals surface area contributed by atoms with Gasteiger partial charge in [0.05, 0.1) is 21.5 Å². The van der Waals surface area contributed by atoms with Gasteiger partial charge < -0.3 is 9.66 Å². The first kappa shape index (κ1) is 29.1. The maximum atomic E-state index is 10.8. The molecule has 2 unspecified atom stereocenters. The van der Waals surface area contributed by atoms with Crippen molar-refractivity contribution in [2.75, 3.05) is 0 Å². The number of aliphatic hydroxyl groups is 1. The van der Waals surface area contributed by atoms with E-state index in [9.17, 15) is 18.1 Å². The first-order chi connectivity index (χ1) is 11.9. The van der Waals surface area contributed by atoms with Crippen molar-refractivity contribution in [3.8, 4) is 0 Å². The summed E-state index contributed by atoms with van der Waals surface area (Å²) in [7, 11) is -4.37. The Labute approximate surface area is 185 Å². The summed E-state index contributed by atoms with van der Waals surface area (Å²) < 4.78 is 32.5. The van der Waals surface area contributed by atoms with Crippen LogP contribution in [0, 0.1) is 0 Å². The van der Waals surface area contributed by atoms with Crippen LogP contribution in [-0.4, -0.2) is 29.4 Å². The SMILES string of the molecule is CCCCCCCCCCCCCCCCCC(O)C(C)S(=O)(=O)[O-].[Na+]. The molecule has 6 heteroatoms. The third kappa shape index (κ3) is 18.2. The van der Waals surface area contributed by atoms with E-state index in [0.29, 0.717) is 6.42 Å². The zero-order valence-electron chi connectivity index (χ0n) is 17.5. The van der Waals surface area contributed by atoms with E-state index in [0.717, 1.165) is 19.3 Å². The molecule has 1 N–H and O–H groups in total. The number of hydrogen-bond acceptors (Lipinski definition) is 4. The van der Waals surface area contributed by atoms with Gasteiger partial charge in [0.2, 0.25) is 0 Å². The average molecular weight is 401 g/mol. The number of rotatable bonds is 18. The van der Waals surface area contributed by atoms with E-state index in [4.69, 9.17) is 0 Å². The summed E-state index contributed by atoms with van der Waals surface area (Å²) in [4.78, 5) is 0. The van der Waals surface area contributed by atoms with Gasteiger partial charge in [-0.05, 0) is 13.3 Å². The molecule has 0 aliphatic heterocycles. The van der Waals surface area contributed by atoms with E-state index >= 15 is 0 Å². The second-order valence-electron chi connectivity index (χ2n) is 7.50. The molecule has 0 bridgehead atoms. The molecule has 0 heterocycles. The molecule has 0 saturated heterocycles. The second-order valence-corrected chi connectivity index (χ2v) is 9.23. The van der Waals surface area contributed by atoms with Crippen LogP contribution in [0.1, 0.15) is 117 Å². The maximum Gasteiger partial charge on any atom is 1.00 e. The molecule has 0 aromatic rings. The van der Waals surface area contributed by atoms with E-state index in [1.807, 2.05) is 0 Å². The summed E-state index contributed by atoms with van der Waals surface area (Å²) in [5, 5.41) is 8.48. The van der Waals surface area contributed by atoms with Crippen LogP contribution in [0.5, 0.6) is 0 Å². The minimum Gasteiger partial charge on any atom is -0.748 e. The van der Waals surface area contributed by atoms with Gasteiger partial charge in [-0.2, -0.15) is 0 Å². The fraction of sp³-hybridized carbons (Fsp3) is 1.00. The molecule has 26 heavy (non-hydrogen) atoms. The zero-order chi connectivity index (χ0) is 19.0. The first-order valence-electron chi connectivity index (χ1n) is 10.5. The Kier molecular flexibility index (Phi) is 21.5. The molecule has 0 radical (unpaired) electrons. The number of hydrogen-bond donors (Lipinski definition) is 1. The summed E-state index contributed by atoms with van der Waals surface area (Å²) >= 11 is 0. The third-order valence-corrected chi connectivity index (χ3v) is 6.33. The van der Waals surface area contributed by atoms with Gasteiger partial charge in [-0.15, -0.1) is 0 Å². The van der Waals surface area contributed by atoms with Gasteiger partial charge in [0, 0.05) is 0 Å². The fourth-order valence-corrected chi connectivity index (χ4v) is 3.67. The smallest absolute Gasteiger partial charge is 0.748 e. The molecule has 0 saturated carbocycles. The van der Waals surface area contributed by atoms with Crippen LogP contribution in [0.25, 0.3) is 0 Å². The van der Waals surface area contributed by atoms with Crippen molar-refractivity contribution in [1.82, 2.24) is 0 Å². The average Bonchev–Trinajstić information content (AvgIpc) is 2.56. The minimum absolute atomic E-state index is 0. The molecule has 0 aromatic heterocycles. The van der Waals surface area contributed by atoms with E-state index < -0.39 is 21.5 Å². The number of aliphatic hydroxyl groups excluding tert-OH is 1. The largest absolute Gasteiger partial charge is 1.00 e. The molecular formula is C20H41NaO4S. The predicted molar refractivity (Wildman–Crippen MR) is 105 cm³/mol. The molecule has 152 valence electrons. The van der Waals surface area contributed by atoms with Gasteiger partial charge in [0.15, 0.2) is 0 Å². The van der Waals surface area contributed by atoms with Gasteiger partial charge in [-0.25, -0.2) is 8.42 Å². The molecule has 0 aromatic carbocycles. The van der Waals surface area contributed by atoms with Crippen LogP contribution in [-0.2, 0) is 10.1 Å². The van der Waals surface area contributed by atoms with Gasteiger partial charge in [0.1, 0.15) is 0 Å². The molecule has 0 fully saturated rings. The predicted octanol–water partition coefficient (Wildman–Crippen LogP) is 2.55. The van der Waals surface area contributed by atoms with Gasteiger partial charge in [-0.3, -0.25) is 0 Å². The van der Waals surface area contributed by atoms with E-state index in [2.05, 4.69) is 6.92 Å². The second kappa shape index (κ2) is 19.2. The number of unbranched alkanes of at least 4 members (excludes halogenated alkanes) is 14. The molecule has 4 nitrogen and oxygen atoms in total. The Balaban J connectivity index is 0. The fourth-order valence-electron chi connectivity index (χ4n) is 3.15. The quantitative estimate of drug-likeness (QED) is 0.218. The summed E-state index contributed by atoms with van der Waals surface area (Å²) in [6.07, 6.45) is 18.5. The van der Waals surface area contributed by atoms with E-state index in [1.165, 1.54) is 84.0 Å². The molecular weight excluding hydrogens is 359 g/mol. The standard InChI is InChI=1S/C20H42O4S.Na/c1-3-4-5-6-7-8-9-10-11-12-13-14-15-16-17-18-20(21)19(2)25(22,23)24;/h19-21H,3-18H2,1-2H3,(H,22,23,24);/q;+1/p-1. The van der Waals surface area contributed by atoms with Crippen LogP contribution in [0.3, 0.4) is 0 Å². The zero-order valence-corrected chi connectivity index (χ0v) is 20.4. The van der Waals surface area contributed by atoms with Crippen molar-refractivity contribution in [3.63, 3.8) is 0 Å². The topological polar surface area (TPSA) is 77.4 Å². The Hall–Kier alpha value is 0.870. The summed E-state index contributed by atoms with van der Waals surface area (Å²) in [6.45, 7) is 3.55. The van der Waals surface area contributed by atoms with Crippen molar-refractivity contribution < 1.29 is 47.6 Å². The van der Waals surface area contributed by atoms with E-state index in [1.54, 1.807) is 0 Å². The summed E-state index contributed by atoms with van der Waals surface area (Å²) in [5.41, 5.74) is 0. The van der Waals surface area contributed by atoms with Crippen molar-refractivity contribution in [2.24, 2.45) is 0 Å². The van der Waals surface area contributed by atoms with Crippen LogP contribution >= 0.6 is 0 Å². The van der Waals surface area contributed by atoms with E-state index in [-0.39, 0.29) is 29.6 Å². The molecule has 2 atom stereocenters.